The number of amides is 1. The number of benzene rings is 3. The van der Waals surface area contributed by atoms with Crippen molar-refractivity contribution in [1.82, 2.24) is 9.80 Å². The van der Waals surface area contributed by atoms with Gasteiger partial charge in [-0.1, -0.05) is 60.7 Å². The fourth-order valence-electron chi connectivity index (χ4n) is 5.25. The molecule has 1 unspecified atom stereocenters. The van der Waals surface area contributed by atoms with Gasteiger partial charge in [-0.15, -0.1) is 0 Å². The maximum atomic E-state index is 14.3. The number of rotatable bonds is 7. The van der Waals surface area contributed by atoms with Crippen LogP contribution < -0.4 is 0 Å². The van der Waals surface area contributed by atoms with Gasteiger partial charge in [0.05, 0.1) is 6.42 Å². The predicted molar refractivity (Wildman–Crippen MR) is 159 cm³/mol. The van der Waals surface area contributed by atoms with Crippen LogP contribution in [0.5, 0.6) is 0 Å². The third kappa shape index (κ3) is 6.35. The van der Waals surface area contributed by atoms with E-state index >= 15 is 0 Å². The predicted octanol–water partition coefficient (Wildman–Crippen LogP) is 6.14. The number of allylic oxidation sites excluding steroid dienone is 2. The number of carbonyl (C=O) groups excluding carboxylic acids is 1. The van der Waals surface area contributed by atoms with Gasteiger partial charge in [-0.3, -0.25) is 13.9 Å². The van der Waals surface area contributed by atoms with Crippen LogP contribution in [-0.4, -0.2) is 58.9 Å². The molecule has 39 heavy (non-hydrogen) atoms. The molecule has 1 heterocycles. The summed E-state index contributed by atoms with van der Waals surface area (Å²) in [6.45, 7) is 5.91. The van der Waals surface area contributed by atoms with Crippen LogP contribution in [0.3, 0.4) is 0 Å². The van der Waals surface area contributed by atoms with Gasteiger partial charge in [-0.05, 0) is 76.2 Å². The summed E-state index contributed by atoms with van der Waals surface area (Å²) in [5.41, 5.74) is 6.77. The molecule has 5 rings (SSSR count). The van der Waals surface area contributed by atoms with Crippen molar-refractivity contribution >= 4 is 40.0 Å². The summed E-state index contributed by atoms with van der Waals surface area (Å²) in [6, 6.07) is 22.7. The molecule has 1 aliphatic heterocycles. The Kier molecular flexibility index (Phi) is 8.34. The van der Waals surface area contributed by atoms with Gasteiger partial charge >= 0.3 is 0 Å². The summed E-state index contributed by atoms with van der Waals surface area (Å²) in [5.74, 6) is -0.227. The van der Waals surface area contributed by atoms with Crippen molar-refractivity contribution in [3.8, 4) is 0 Å². The first-order valence-corrected chi connectivity index (χ1v) is 14.8. The molecule has 0 aromatic heterocycles. The SMILES string of the molecule is CC1=C(CC(=O)N2CCN(C/C=C/c3ccccc3)CC2)c2cc(F)ccc2/C1=C\c1ccc(S(C)=O)cc1. The highest BCUT2D eigenvalue weighted by molar-refractivity contribution is 7.84. The first-order chi connectivity index (χ1) is 18.9. The normalized spacial score (nSPS) is 17.7. The Hall–Kier alpha value is -3.61. The van der Waals surface area contributed by atoms with E-state index in [2.05, 4.69) is 35.3 Å². The van der Waals surface area contributed by atoms with Gasteiger partial charge in [0.1, 0.15) is 5.82 Å². The van der Waals surface area contributed by atoms with Crippen molar-refractivity contribution < 1.29 is 13.4 Å². The average molecular weight is 541 g/mol. The number of hydrogen-bond donors (Lipinski definition) is 0. The van der Waals surface area contributed by atoms with Gasteiger partial charge in [0.25, 0.3) is 0 Å². The van der Waals surface area contributed by atoms with Crippen LogP contribution in [0, 0.1) is 5.82 Å². The van der Waals surface area contributed by atoms with Crippen molar-refractivity contribution in [2.24, 2.45) is 0 Å². The molecular formula is C33H33FN2O2S. The third-order valence-corrected chi connectivity index (χ3v) is 8.44. The van der Waals surface area contributed by atoms with Crippen molar-refractivity contribution in [3.05, 3.63) is 113 Å². The Morgan fingerprint density at radius 3 is 2.33 bits per heavy atom. The Bertz CT molecular complexity index is 1470. The standard InChI is InChI=1S/C33H33FN2O2S/c1-24-30(21-26-10-13-28(14-11-26)39(2)38)29-15-12-27(34)22-32(29)31(24)23-33(37)36-19-17-35(18-20-36)16-6-9-25-7-4-3-5-8-25/h3-15,21-22H,16-20,23H2,1-2H3/b9-6+,30-21-. The third-order valence-electron chi connectivity index (χ3n) is 7.50. The molecule has 1 aliphatic carbocycles. The highest BCUT2D eigenvalue weighted by atomic mass is 32.2. The number of halogens is 1. The molecule has 3 aromatic rings. The Balaban J connectivity index is 1.27. The van der Waals surface area contributed by atoms with Gasteiger partial charge in [-0.25, -0.2) is 4.39 Å². The second-order valence-corrected chi connectivity index (χ2v) is 11.4. The van der Waals surface area contributed by atoms with Gasteiger partial charge in [-0.2, -0.15) is 0 Å². The minimum atomic E-state index is -1.03. The van der Waals surface area contributed by atoms with Crippen molar-refractivity contribution in [1.29, 1.82) is 0 Å². The number of piperazine rings is 1. The van der Waals surface area contributed by atoms with E-state index in [9.17, 15) is 13.4 Å². The Labute approximate surface area is 232 Å². The molecule has 1 atom stereocenters. The number of carbonyl (C=O) groups is 1. The molecule has 0 radical (unpaired) electrons. The summed E-state index contributed by atoms with van der Waals surface area (Å²) in [6.07, 6.45) is 8.28. The topological polar surface area (TPSA) is 40.6 Å². The highest BCUT2D eigenvalue weighted by Gasteiger charge is 2.28. The van der Waals surface area contributed by atoms with E-state index in [0.717, 1.165) is 57.9 Å². The molecule has 1 fully saturated rings. The second kappa shape index (κ2) is 12.1. The van der Waals surface area contributed by atoms with Crippen LogP contribution in [0.2, 0.25) is 0 Å². The molecule has 2 aliphatic rings. The summed E-state index contributed by atoms with van der Waals surface area (Å²) < 4.78 is 26.1. The first-order valence-electron chi connectivity index (χ1n) is 13.3. The smallest absolute Gasteiger partial charge is 0.227 e. The summed E-state index contributed by atoms with van der Waals surface area (Å²) in [7, 11) is -1.03. The maximum absolute atomic E-state index is 14.3. The van der Waals surface area contributed by atoms with Gasteiger partial charge in [0.15, 0.2) is 0 Å². The number of nitrogens with zero attached hydrogens (tertiary/aromatic N) is 2. The summed E-state index contributed by atoms with van der Waals surface area (Å²) >= 11 is 0. The molecule has 3 aromatic carbocycles. The van der Waals surface area contributed by atoms with Crippen LogP contribution in [0.1, 0.15) is 35.6 Å². The zero-order chi connectivity index (χ0) is 27.4. The van der Waals surface area contributed by atoms with E-state index in [1.807, 2.05) is 54.3 Å². The van der Waals surface area contributed by atoms with Crippen LogP contribution in [0.4, 0.5) is 4.39 Å². The van der Waals surface area contributed by atoms with Gasteiger partial charge in [0.2, 0.25) is 5.91 Å². The molecule has 0 spiro atoms. The second-order valence-electron chi connectivity index (χ2n) is 10.0. The van der Waals surface area contributed by atoms with E-state index in [0.29, 0.717) is 13.1 Å². The molecule has 4 nitrogen and oxygen atoms in total. The molecule has 200 valence electrons. The minimum absolute atomic E-state index is 0.0788. The molecule has 0 N–H and O–H groups in total. The van der Waals surface area contributed by atoms with Gasteiger partial charge < -0.3 is 4.90 Å². The lowest BCUT2D eigenvalue weighted by atomic mass is 10.0. The lowest BCUT2D eigenvalue weighted by Gasteiger charge is -2.34. The van der Waals surface area contributed by atoms with Gasteiger partial charge in [0, 0.05) is 54.7 Å². The molecule has 6 heteroatoms. The number of fused-ring (bicyclic) bond motifs is 1. The fourth-order valence-corrected chi connectivity index (χ4v) is 5.77. The zero-order valence-electron chi connectivity index (χ0n) is 22.4. The lowest BCUT2D eigenvalue weighted by molar-refractivity contribution is -0.131. The zero-order valence-corrected chi connectivity index (χ0v) is 23.2. The van der Waals surface area contributed by atoms with Crippen LogP contribution in [-0.2, 0) is 15.6 Å². The summed E-state index contributed by atoms with van der Waals surface area (Å²) in [5, 5.41) is 0. The number of hydrogen-bond acceptors (Lipinski definition) is 3. The van der Waals surface area contributed by atoms with Crippen molar-refractivity contribution in [3.63, 3.8) is 0 Å². The van der Waals surface area contributed by atoms with E-state index in [1.54, 1.807) is 18.4 Å². The molecule has 1 saturated heterocycles. The molecular weight excluding hydrogens is 507 g/mol. The molecule has 0 bridgehead atoms. The van der Waals surface area contributed by atoms with Crippen LogP contribution >= 0.6 is 0 Å². The average Bonchev–Trinajstić information content (AvgIpc) is 3.19. The fraction of sp³-hybridized carbons (Fsp3) is 0.242. The van der Waals surface area contributed by atoms with E-state index < -0.39 is 10.8 Å². The lowest BCUT2D eigenvalue weighted by Crippen LogP contribution is -2.48. The Morgan fingerprint density at radius 2 is 1.64 bits per heavy atom. The first kappa shape index (κ1) is 27.0. The van der Waals surface area contributed by atoms with Crippen LogP contribution in [0.15, 0.2) is 89.3 Å². The largest absolute Gasteiger partial charge is 0.340 e. The van der Waals surface area contributed by atoms with Crippen molar-refractivity contribution in [2.75, 3.05) is 39.0 Å². The van der Waals surface area contributed by atoms with Crippen LogP contribution in [0.25, 0.3) is 23.3 Å². The highest BCUT2D eigenvalue weighted by Crippen LogP contribution is 2.44. The molecule has 1 amide bonds. The summed E-state index contributed by atoms with van der Waals surface area (Å²) in [4.78, 5) is 18.4. The minimum Gasteiger partial charge on any atom is -0.340 e. The quantitative estimate of drug-likeness (QED) is 0.362. The van der Waals surface area contributed by atoms with E-state index in [-0.39, 0.29) is 18.1 Å². The monoisotopic (exact) mass is 540 g/mol. The van der Waals surface area contributed by atoms with Crippen molar-refractivity contribution in [2.45, 2.75) is 18.2 Å². The Morgan fingerprint density at radius 1 is 0.923 bits per heavy atom. The maximum Gasteiger partial charge on any atom is 0.227 e. The van der Waals surface area contributed by atoms with E-state index in [4.69, 9.17) is 0 Å². The van der Waals surface area contributed by atoms with E-state index in [1.165, 1.54) is 11.6 Å². The molecule has 0 saturated carbocycles.